The minimum absolute atomic E-state index is 0.770. The van der Waals surface area contributed by atoms with Crippen molar-refractivity contribution in [3.8, 4) is 0 Å². The summed E-state index contributed by atoms with van der Waals surface area (Å²) >= 11 is 0. The molecule has 0 aliphatic rings. The second kappa shape index (κ2) is 2.89. The van der Waals surface area contributed by atoms with Crippen LogP contribution in [0.2, 0.25) is 0 Å². The zero-order chi connectivity index (χ0) is 8.36. The predicted octanol–water partition coefficient (Wildman–Crippen LogP) is -0.895. The molecule has 6 heteroatoms. The molecule has 0 radical (unpaired) electrons. The second-order valence-corrected chi connectivity index (χ2v) is 1.52. The number of methoxy groups -OCH3 is 1. The molecule has 0 aliphatic heterocycles. The number of esters is 1. The maximum absolute atomic E-state index is 11.4. The molecule has 10 heavy (non-hydrogen) atoms. The van der Waals surface area contributed by atoms with E-state index in [9.17, 15) is 13.6 Å². The molecule has 0 rings (SSSR count). The average molecular weight is 156 g/mol. The smallest absolute Gasteiger partial charge is 0.372 e. The van der Waals surface area contributed by atoms with Gasteiger partial charge in [0.2, 0.25) is 0 Å². The predicted molar refractivity (Wildman–Crippen MR) is 25.2 cm³/mol. The normalized spacial score (nSPS) is 11.8. The fourth-order valence-electron chi connectivity index (χ4n) is 0.239. The lowest BCUT2D eigenvalue weighted by Crippen LogP contribution is -2.46. The van der Waals surface area contributed by atoms with Crippen LogP contribution in [0, 0.1) is 0 Å². The SMILES string of the molecule is COC(=O)C(O)(O)C(F)F. The van der Waals surface area contributed by atoms with Crippen LogP contribution in [-0.4, -0.2) is 35.5 Å². The molecule has 0 aromatic heterocycles. The molecule has 4 nitrogen and oxygen atoms in total. The monoisotopic (exact) mass is 156 g/mol. The third kappa shape index (κ3) is 1.61. The van der Waals surface area contributed by atoms with E-state index in [1.54, 1.807) is 0 Å². The third-order valence-electron chi connectivity index (χ3n) is 0.790. The van der Waals surface area contributed by atoms with Crippen LogP contribution in [0.25, 0.3) is 0 Å². The van der Waals surface area contributed by atoms with Crippen molar-refractivity contribution in [3.05, 3.63) is 0 Å². The Hall–Kier alpha value is -0.750. The van der Waals surface area contributed by atoms with Gasteiger partial charge in [0.25, 0.3) is 0 Å². The number of hydrogen-bond donors (Lipinski definition) is 2. The maximum atomic E-state index is 11.4. The summed E-state index contributed by atoms with van der Waals surface area (Å²) in [5, 5.41) is 16.4. The first-order valence-corrected chi connectivity index (χ1v) is 2.24. The molecule has 0 fully saturated rings. The summed E-state index contributed by atoms with van der Waals surface area (Å²) in [5.74, 6) is -5.46. The van der Waals surface area contributed by atoms with Gasteiger partial charge in [-0.05, 0) is 0 Å². The quantitative estimate of drug-likeness (QED) is 0.402. The van der Waals surface area contributed by atoms with Crippen molar-refractivity contribution in [2.24, 2.45) is 0 Å². The molecule has 0 aromatic carbocycles. The number of alkyl halides is 2. The van der Waals surface area contributed by atoms with Crippen molar-refractivity contribution in [2.45, 2.75) is 12.2 Å². The summed E-state index contributed by atoms with van der Waals surface area (Å²) < 4.78 is 26.6. The first-order chi connectivity index (χ1) is 4.42. The molecule has 0 aromatic rings. The Labute approximate surface area is 55.0 Å². The molecule has 0 saturated heterocycles. The molecule has 0 atom stereocenters. The summed E-state index contributed by atoms with van der Waals surface area (Å²) in [6, 6.07) is 0. The topological polar surface area (TPSA) is 66.8 Å². The highest BCUT2D eigenvalue weighted by molar-refractivity contribution is 5.77. The van der Waals surface area contributed by atoms with E-state index >= 15 is 0 Å². The van der Waals surface area contributed by atoms with E-state index in [1.165, 1.54) is 0 Å². The summed E-state index contributed by atoms with van der Waals surface area (Å²) in [4.78, 5) is 10.1. The number of carbonyl (C=O) groups is 1. The molecular weight excluding hydrogens is 150 g/mol. The number of carbonyl (C=O) groups excluding carboxylic acids is 1. The van der Waals surface area contributed by atoms with E-state index < -0.39 is 18.2 Å². The van der Waals surface area contributed by atoms with E-state index in [0.29, 0.717) is 0 Å². The molecule has 0 bridgehead atoms. The van der Waals surface area contributed by atoms with Crippen LogP contribution in [0.5, 0.6) is 0 Å². The number of ether oxygens (including phenoxy) is 1. The highest BCUT2D eigenvalue weighted by Gasteiger charge is 2.45. The van der Waals surface area contributed by atoms with Gasteiger partial charge in [-0.3, -0.25) is 0 Å². The molecule has 0 amide bonds. The van der Waals surface area contributed by atoms with E-state index in [4.69, 9.17) is 10.2 Å². The lowest BCUT2D eigenvalue weighted by atomic mass is 10.3. The molecule has 0 aliphatic carbocycles. The molecule has 0 heterocycles. The van der Waals surface area contributed by atoms with Crippen LogP contribution in [0.15, 0.2) is 0 Å². The van der Waals surface area contributed by atoms with Gasteiger partial charge in [-0.25, -0.2) is 13.6 Å². The van der Waals surface area contributed by atoms with E-state index in [2.05, 4.69) is 4.74 Å². The molecule has 0 saturated carbocycles. The fourth-order valence-corrected chi connectivity index (χ4v) is 0.239. The average Bonchev–Trinajstić information content (AvgIpc) is 1.86. The Morgan fingerprint density at radius 1 is 1.60 bits per heavy atom. The van der Waals surface area contributed by atoms with Crippen molar-refractivity contribution in [1.29, 1.82) is 0 Å². The summed E-state index contributed by atoms with van der Waals surface area (Å²) in [6.45, 7) is 0. The van der Waals surface area contributed by atoms with Crippen molar-refractivity contribution in [3.63, 3.8) is 0 Å². The fraction of sp³-hybridized carbons (Fsp3) is 0.750. The summed E-state index contributed by atoms with van der Waals surface area (Å²) in [7, 11) is 0.770. The number of halogens is 2. The van der Waals surface area contributed by atoms with Crippen LogP contribution < -0.4 is 0 Å². The summed E-state index contributed by atoms with van der Waals surface area (Å²) in [6.07, 6.45) is -3.57. The van der Waals surface area contributed by atoms with Gasteiger partial charge in [-0.2, -0.15) is 0 Å². The standard InChI is InChI=1S/C4H6F2O4/c1-10-3(7)4(8,9)2(5)6/h2,8-9H,1H3. The van der Waals surface area contributed by atoms with Gasteiger partial charge < -0.3 is 14.9 Å². The van der Waals surface area contributed by atoms with Crippen LogP contribution in [-0.2, 0) is 9.53 Å². The Bertz CT molecular complexity index is 133. The Morgan fingerprint density at radius 3 is 2.10 bits per heavy atom. The van der Waals surface area contributed by atoms with E-state index in [1.807, 2.05) is 0 Å². The number of rotatable bonds is 2. The third-order valence-corrected chi connectivity index (χ3v) is 0.790. The number of hydrogen-bond acceptors (Lipinski definition) is 4. The van der Waals surface area contributed by atoms with Gasteiger partial charge in [-0.15, -0.1) is 0 Å². The maximum Gasteiger partial charge on any atom is 0.372 e. The Morgan fingerprint density at radius 2 is 2.00 bits per heavy atom. The minimum atomic E-state index is -3.69. The lowest BCUT2D eigenvalue weighted by Gasteiger charge is -2.16. The molecule has 0 unspecified atom stereocenters. The van der Waals surface area contributed by atoms with Gasteiger partial charge in [0.15, 0.2) is 0 Å². The van der Waals surface area contributed by atoms with Gasteiger partial charge in [0.1, 0.15) is 0 Å². The Balaban J connectivity index is 4.24. The van der Waals surface area contributed by atoms with E-state index in [0.717, 1.165) is 7.11 Å². The largest absolute Gasteiger partial charge is 0.465 e. The molecule has 60 valence electrons. The highest BCUT2D eigenvalue weighted by Crippen LogP contribution is 2.12. The number of aliphatic hydroxyl groups is 2. The zero-order valence-corrected chi connectivity index (χ0v) is 5.04. The summed E-state index contributed by atoms with van der Waals surface area (Å²) in [5.41, 5.74) is 0. The molecule has 0 spiro atoms. The molecular formula is C4H6F2O4. The Kier molecular flexibility index (Phi) is 2.67. The second-order valence-electron chi connectivity index (χ2n) is 1.52. The molecule has 2 N–H and O–H groups in total. The van der Waals surface area contributed by atoms with Crippen molar-refractivity contribution < 1.29 is 28.5 Å². The van der Waals surface area contributed by atoms with Gasteiger partial charge in [-0.1, -0.05) is 0 Å². The zero-order valence-electron chi connectivity index (χ0n) is 5.04. The lowest BCUT2D eigenvalue weighted by molar-refractivity contribution is -0.247. The minimum Gasteiger partial charge on any atom is -0.465 e. The van der Waals surface area contributed by atoms with Crippen LogP contribution >= 0.6 is 0 Å². The van der Waals surface area contributed by atoms with Gasteiger partial charge in [0.05, 0.1) is 7.11 Å². The van der Waals surface area contributed by atoms with Gasteiger partial charge in [0, 0.05) is 0 Å². The van der Waals surface area contributed by atoms with Crippen LogP contribution in [0.3, 0.4) is 0 Å². The van der Waals surface area contributed by atoms with Crippen molar-refractivity contribution in [2.75, 3.05) is 7.11 Å². The highest BCUT2D eigenvalue weighted by atomic mass is 19.3. The van der Waals surface area contributed by atoms with Crippen LogP contribution in [0.1, 0.15) is 0 Å². The first-order valence-electron chi connectivity index (χ1n) is 2.24. The van der Waals surface area contributed by atoms with Crippen molar-refractivity contribution >= 4 is 5.97 Å². The van der Waals surface area contributed by atoms with E-state index in [-0.39, 0.29) is 0 Å². The van der Waals surface area contributed by atoms with Gasteiger partial charge >= 0.3 is 18.2 Å². The van der Waals surface area contributed by atoms with Crippen LogP contribution in [0.4, 0.5) is 8.78 Å². The van der Waals surface area contributed by atoms with Crippen molar-refractivity contribution in [1.82, 2.24) is 0 Å². The first kappa shape index (κ1) is 9.25.